The highest BCUT2D eigenvalue weighted by atomic mass is 16.6. The molecule has 0 radical (unpaired) electrons. The predicted molar refractivity (Wildman–Crippen MR) is 54.9 cm³/mol. The summed E-state index contributed by atoms with van der Waals surface area (Å²) in [7, 11) is 0. The molecule has 0 saturated carbocycles. The Balaban J connectivity index is 2.61. The van der Waals surface area contributed by atoms with Gasteiger partial charge in [0.2, 0.25) is 0 Å². The van der Waals surface area contributed by atoms with Crippen molar-refractivity contribution in [3.63, 3.8) is 0 Å². The second kappa shape index (κ2) is 5.50. The molecule has 0 aromatic carbocycles. The Labute approximate surface area is 93.1 Å². The lowest BCUT2D eigenvalue weighted by Gasteiger charge is -2.25. The summed E-state index contributed by atoms with van der Waals surface area (Å²) in [6, 6.07) is -0.699. The van der Waals surface area contributed by atoms with Gasteiger partial charge in [-0.2, -0.15) is 0 Å². The van der Waals surface area contributed by atoms with E-state index in [0.717, 1.165) is 0 Å². The Kier molecular flexibility index (Phi) is 4.30. The first-order valence-corrected chi connectivity index (χ1v) is 5.03. The van der Waals surface area contributed by atoms with Gasteiger partial charge in [-0.15, -0.1) is 0 Å². The second-order valence-electron chi connectivity index (χ2n) is 3.55. The quantitative estimate of drug-likeness (QED) is 0.673. The Bertz CT molecular complexity index is 291. The molecule has 0 bridgehead atoms. The summed E-state index contributed by atoms with van der Waals surface area (Å²) in [4.78, 5) is 23.4. The number of aliphatic carboxylic acids is 1. The van der Waals surface area contributed by atoms with Gasteiger partial charge in [-0.25, -0.2) is 9.59 Å². The maximum absolute atomic E-state index is 11.5. The summed E-state index contributed by atoms with van der Waals surface area (Å²) in [5, 5.41) is 18.1. The maximum atomic E-state index is 11.5. The molecule has 1 amide bonds. The number of rotatable bonds is 4. The fourth-order valence-corrected chi connectivity index (χ4v) is 1.73. The predicted octanol–water partition coefficient (Wildman–Crippen LogP) is 0.219. The Morgan fingerprint density at radius 1 is 1.62 bits per heavy atom. The second-order valence-corrected chi connectivity index (χ2v) is 3.55. The van der Waals surface area contributed by atoms with Crippen LogP contribution >= 0.6 is 0 Å². The molecular weight excluding hydrogens is 214 g/mol. The highest BCUT2D eigenvalue weighted by Gasteiger charge is 2.38. The van der Waals surface area contributed by atoms with Crippen LogP contribution in [0.4, 0.5) is 4.79 Å². The third-order valence-corrected chi connectivity index (χ3v) is 2.48. The average Bonchev–Trinajstić information content (AvgIpc) is 2.73. The molecule has 1 fully saturated rings. The first kappa shape index (κ1) is 12.5. The Morgan fingerprint density at radius 2 is 2.31 bits per heavy atom. The Hall–Kier alpha value is -1.56. The molecule has 1 aliphatic heterocycles. The molecule has 1 aliphatic rings. The highest BCUT2D eigenvalue weighted by Crippen LogP contribution is 2.21. The summed E-state index contributed by atoms with van der Waals surface area (Å²) in [6.45, 7) is 3.88. The van der Waals surface area contributed by atoms with Crippen LogP contribution in [-0.2, 0) is 9.53 Å². The van der Waals surface area contributed by atoms with Crippen LogP contribution < -0.4 is 0 Å². The monoisotopic (exact) mass is 229 g/mol. The number of hydrogen-bond donors (Lipinski definition) is 2. The van der Waals surface area contributed by atoms with Gasteiger partial charge in [-0.3, -0.25) is 0 Å². The molecule has 2 N–H and O–H groups in total. The third kappa shape index (κ3) is 2.73. The largest absolute Gasteiger partial charge is 0.479 e. The van der Waals surface area contributed by atoms with Crippen LogP contribution in [0.5, 0.6) is 0 Å². The number of carbonyl (C=O) groups is 2. The number of aliphatic hydroxyl groups is 1. The molecular formula is C10H15NO5. The Morgan fingerprint density at radius 3 is 2.88 bits per heavy atom. The first-order chi connectivity index (χ1) is 7.57. The SMILES string of the molecule is C=CCOC(=O)N1CCC[C@H]1C(O)C(=O)O. The molecule has 1 saturated heterocycles. The number of likely N-dealkylation sites (tertiary alicyclic amines) is 1. The van der Waals surface area contributed by atoms with E-state index in [2.05, 4.69) is 6.58 Å². The molecule has 1 rings (SSSR count). The van der Waals surface area contributed by atoms with Crippen molar-refractivity contribution in [1.29, 1.82) is 0 Å². The number of ether oxygens (including phenoxy) is 1. The lowest BCUT2D eigenvalue weighted by Crippen LogP contribution is -2.46. The van der Waals surface area contributed by atoms with Gasteiger partial charge in [-0.1, -0.05) is 12.7 Å². The third-order valence-electron chi connectivity index (χ3n) is 2.48. The number of carboxylic acid groups (broad SMARTS) is 1. The van der Waals surface area contributed by atoms with E-state index in [9.17, 15) is 14.7 Å². The number of carboxylic acids is 1. The summed E-state index contributed by atoms with van der Waals surface area (Å²) in [5.74, 6) is -1.33. The zero-order valence-electron chi connectivity index (χ0n) is 8.83. The van der Waals surface area contributed by atoms with Crippen LogP contribution in [0.15, 0.2) is 12.7 Å². The van der Waals surface area contributed by atoms with E-state index in [-0.39, 0.29) is 6.61 Å². The summed E-state index contributed by atoms with van der Waals surface area (Å²) in [6.07, 6.45) is 0.396. The van der Waals surface area contributed by atoms with Crippen molar-refractivity contribution in [2.45, 2.75) is 25.0 Å². The minimum absolute atomic E-state index is 0.0746. The number of carbonyl (C=O) groups excluding carboxylic acids is 1. The molecule has 6 heteroatoms. The van der Waals surface area contributed by atoms with E-state index >= 15 is 0 Å². The minimum atomic E-state index is -1.56. The van der Waals surface area contributed by atoms with Gasteiger partial charge in [0.25, 0.3) is 0 Å². The van der Waals surface area contributed by atoms with E-state index < -0.39 is 24.2 Å². The van der Waals surface area contributed by atoms with Crippen molar-refractivity contribution in [3.8, 4) is 0 Å². The fourth-order valence-electron chi connectivity index (χ4n) is 1.73. The van der Waals surface area contributed by atoms with Gasteiger partial charge in [-0.05, 0) is 12.8 Å². The van der Waals surface area contributed by atoms with Gasteiger partial charge in [0.15, 0.2) is 6.10 Å². The van der Waals surface area contributed by atoms with Crippen LogP contribution in [0, 0.1) is 0 Å². The zero-order chi connectivity index (χ0) is 12.1. The maximum Gasteiger partial charge on any atom is 0.410 e. The number of amides is 1. The lowest BCUT2D eigenvalue weighted by molar-refractivity contribution is -0.149. The van der Waals surface area contributed by atoms with Crippen molar-refractivity contribution in [2.24, 2.45) is 0 Å². The summed E-state index contributed by atoms with van der Waals surface area (Å²) >= 11 is 0. The highest BCUT2D eigenvalue weighted by molar-refractivity contribution is 5.75. The van der Waals surface area contributed by atoms with Crippen molar-refractivity contribution in [3.05, 3.63) is 12.7 Å². The molecule has 90 valence electrons. The summed E-state index contributed by atoms with van der Waals surface area (Å²) < 4.78 is 4.80. The van der Waals surface area contributed by atoms with Crippen LogP contribution in [0.3, 0.4) is 0 Å². The molecule has 2 atom stereocenters. The average molecular weight is 229 g/mol. The molecule has 1 unspecified atom stereocenters. The fraction of sp³-hybridized carbons (Fsp3) is 0.600. The van der Waals surface area contributed by atoms with E-state index in [4.69, 9.17) is 9.84 Å². The molecule has 0 aromatic rings. The van der Waals surface area contributed by atoms with E-state index in [1.807, 2.05) is 0 Å². The normalized spacial score (nSPS) is 21.6. The van der Waals surface area contributed by atoms with Gasteiger partial charge < -0.3 is 19.8 Å². The lowest BCUT2D eigenvalue weighted by atomic mass is 10.1. The van der Waals surface area contributed by atoms with Crippen molar-refractivity contribution >= 4 is 12.1 Å². The van der Waals surface area contributed by atoms with Gasteiger partial charge in [0, 0.05) is 6.54 Å². The number of hydrogen-bond acceptors (Lipinski definition) is 4. The standard InChI is InChI=1S/C10H15NO5/c1-2-6-16-10(15)11-5-3-4-7(11)8(12)9(13)14/h2,7-8,12H,1,3-6H2,(H,13,14)/t7-,8?/m0/s1. The van der Waals surface area contributed by atoms with E-state index in [0.29, 0.717) is 19.4 Å². The van der Waals surface area contributed by atoms with E-state index in [1.54, 1.807) is 0 Å². The smallest absolute Gasteiger partial charge is 0.410 e. The van der Waals surface area contributed by atoms with Crippen LogP contribution in [0.1, 0.15) is 12.8 Å². The zero-order valence-corrected chi connectivity index (χ0v) is 8.83. The van der Waals surface area contributed by atoms with Gasteiger partial charge >= 0.3 is 12.1 Å². The van der Waals surface area contributed by atoms with Crippen LogP contribution in [-0.4, -0.2) is 52.5 Å². The summed E-state index contributed by atoms with van der Waals surface area (Å²) in [5.41, 5.74) is 0. The van der Waals surface area contributed by atoms with E-state index in [1.165, 1.54) is 11.0 Å². The molecule has 16 heavy (non-hydrogen) atoms. The van der Waals surface area contributed by atoms with Crippen LogP contribution in [0.2, 0.25) is 0 Å². The van der Waals surface area contributed by atoms with Crippen molar-refractivity contribution in [2.75, 3.05) is 13.2 Å². The molecule has 0 spiro atoms. The molecule has 6 nitrogen and oxygen atoms in total. The minimum Gasteiger partial charge on any atom is -0.479 e. The molecule has 1 heterocycles. The first-order valence-electron chi connectivity index (χ1n) is 5.03. The van der Waals surface area contributed by atoms with Gasteiger partial charge in [0.05, 0.1) is 6.04 Å². The topological polar surface area (TPSA) is 87.1 Å². The van der Waals surface area contributed by atoms with Gasteiger partial charge in [0.1, 0.15) is 6.61 Å². The van der Waals surface area contributed by atoms with Crippen molar-refractivity contribution in [1.82, 2.24) is 4.90 Å². The van der Waals surface area contributed by atoms with Crippen LogP contribution in [0.25, 0.3) is 0 Å². The van der Waals surface area contributed by atoms with Crippen molar-refractivity contribution < 1.29 is 24.5 Å². The molecule has 0 aliphatic carbocycles. The number of nitrogens with zero attached hydrogens (tertiary/aromatic N) is 1. The number of aliphatic hydroxyl groups excluding tert-OH is 1. The molecule has 0 aromatic heterocycles.